The van der Waals surface area contributed by atoms with Gasteiger partial charge < -0.3 is 24.4 Å². The molecule has 2 rings (SSSR count). The first-order chi connectivity index (χ1) is 6.64. The van der Waals surface area contributed by atoms with Crippen molar-refractivity contribution in [2.24, 2.45) is 0 Å². The minimum Gasteiger partial charge on any atom is -0.391 e. The van der Waals surface area contributed by atoms with Crippen molar-refractivity contribution in [3.63, 3.8) is 0 Å². The van der Waals surface area contributed by atoms with Crippen LogP contribution in [0.3, 0.4) is 0 Å². The molecule has 2 saturated heterocycles. The van der Waals surface area contributed by atoms with Crippen LogP contribution in [0.25, 0.3) is 0 Å². The topological polar surface area (TPSA) is 74.8 Å². The average molecular weight is 204 g/mol. The summed E-state index contributed by atoms with van der Waals surface area (Å²) in [6.07, 6.45) is -1.45. The van der Waals surface area contributed by atoms with Crippen molar-refractivity contribution in [1.29, 1.82) is 0 Å². The lowest BCUT2D eigenvalue weighted by Gasteiger charge is -2.21. The van der Waals surface area contributed by atoms with Gasteiger partial charge in [0.05, 0.1) is 32.5 Å². The van der Waals surface area contributed by atoms with Crippen molar-refractivity contribution >= 4 is 0 Å². The predicted molar refractivity (Wildman–Crippen MR) is 46.9 cm³/mol. The van der Waals surface area contributed by atoms with Gasteiger partial charge in [-0.2, -0.15) is 0 Å². The summed E-state index contributed by atoms with van der Waals surface area (Å²) in [6.45, 7) is 3.60. The quantitative estimate of drug-likeness (QED) is 0.538. The van der Waals surface area contributed by atoms with E-state index in [-0.39, 0.29) is 6.10 Å². The van der Waals surface area contributed by atoms with E-state index in [4.69, 9.17) is 14.2 Å². The Bertz CT molecular complexity index is 197. The van der Waals surface area contributed by atoms with Crippen LogP contribution in [0.1, 0.15) is 6.92 Å². The fraction of sp³-hybridized carbons (Fsp3) is 1.00. The molecule has 0 saturated carbocycles. The molecule has 0 spiro atoms. The average Bonchev–Trinajstić information content (AvgIpc) is 2.96. The van der Waals surface area contributed by atoms with Crippen LogP contribution in [0.15, 0.2) is 0 Å². The highest BCUT2D eigenvalue weighted by Gasteiger charge is 2.53. The first kappa shape index (κ1) is 10.3. The van der Waals surface area contributed by atoms with E-state index >= 15 is 0 Å². The third-order valence-electron chi connectivity index (χ3n) is 2.56. The van der Waals surface area contributed by atoms with Gasteiger partial charge in [0.2, 0.25) is 0 Å². The van der Waals surface area contributed by atoms with Crippen LogP contribution in [-0.4, -0.2) is 60.6 Å². The van der Waals surface area contributed by atoms with Crippen LogP contribution in [0.2, 0.25) is 0 Å². The summed E-state index contributed by atoms with van der Waals surface area (Å²) >= 11 is 0. The van der Waals surface area contributed by atoms with Gasteiger partial charge in [-0.1, -0.05) is 0 Å². The largest absolute Gasteiger partial charge is 0.391 e. The molecule has 82 valence electrons. The van der Waals surface area contributed by atoms with Gasteiger partial charge in [0.15, 0.2) is 0 Å². The third kappa shape index (κ3) is 2.24. The van der Waals surface area contributed by atoms with Gasteiger partial charge in [-0.05, 0) is 6.92 Å². The maximum atomic E-state index is 9.61. The molecule has 0 bridgehead atoms. The van der Waals surface area contributed by atoms with Gasteiger partial charge >= 0.3 is 0 Å². The molecule has 4 unspecified atom stereocenters. The molecule has 2 N–H and O–H groups in total. The molecule has 5 heteroatoms. The van der Waals surface area contributed by atoms with Crippen LogP contribution in [0.5, 0.6) is 0 Å². The molecule has 0 aliphatic carbocycles. The first-order valence-corrected chi connectivity index (χ1v) is 4.83. The number of hydrogen-bond acceptors (Lipinski definition) is 5. The minimum absolute atomic E-state index is 0.217. The summed E-state index contributed by atoms with van der Waals surface area (Å²) in [4.78, 5) is 0. The number of ether oxygens (including phenoxy) is 3. The number of hydrogen-bond donors (Lipinski definition) is 2. The Labute approximate surface area is 82.6 Å². The summed E-state index contributed by atoms with van der Waals surface area (Å²) in [7, 11) is 0. The maximum Gasteiger partial charge on any atom is 0.143 e. The van der Waals surface area contributed by atoms with Crippen LogP contribution < -0.4 is 0 Å². The van der Waals surface area contributed by atoms with Crippen LogP contribution in [0, 0.1) is 0 Å². The molecular weight excluding hydrogens is 188 g/mol. The van der Waals surface area contributed by atoms with Gasteiger partial charge in [0.1, 0.15) is 17.8 Å². The van der Waals surface area contributed by atoms with E-state index in [0.717, 1.165) is 6.61 Å². The van der Waals surface area contributed by atoms with Gasteiger partial charge in [-0.3, -0.25) is 0 Å². The van der Waals surface area contributed by atoms with E-state index in [1.165, 1.54) is 6.92 Å². The molecule has 14 heavy (non-hydrogen) atoms. The first-order valence-electron chi connectivity index (χ1n) is 4.83. The number of rotatable bonds is 6. The van der Waals surface area contributed by atoms with Crippen LogP contribution in [-0.2, 0) is 14.2 Å². The van der Waals surface area contributed by atoms with E-state index in [1.807, 2.05) is 0 Å². The molecular formula is C9H16O5. The SMILES string of the molecule is CC(O)C(O)C1(COCC2CO2)CO1. The van der Waals surface area contributed by atoms with Crippen molar-refractivity contribution < 1.29 is 24.4 Å². The highest BCUT2D eigenvalue weighted by atomic mass is 16.6. The lowest BCUT2D eigenvalue weighted by Crippen LogP contribution is -2.42. The molecule has 2 heterocycles. The Hall–Kier alpha value is -0.200. The minimum atomic E-state index is -0.873. The summed E-state index contributed by atoms with van der Waals surface area (Å²) in [5, 5.41) is 18.8. The Kier molecular flexibility index (Phi) is 2.77. The van der Waals surface area contributed by atoms with E-state index in [1.54, 1.807) is 0 Å². The fourth-order valence-corrected chi connectivity index (χ4v) is 1.40. The van der Waals surface area contributed by atoms with Crippen molar-refractivity contribution in [1.82, 2.24) is 0 Å². The normalized spacial score (nSPS) is 39.2. The molecule has 0 aromatic carbocycles. The number of epoxide rings is 2. The third-order valence-corrected chi connectivity index (χ3v) is 2.56. The highest BCUT2D eigenvalue weighted by molar-refractivity contribution is 5.00. The fourth-order valence-electron chi connectivity index (χ4n) is 1.40. The van der Waals surface area contributed by atoms with Crippen LogP contribution in [0.4, 0.5) is 0 Å². The molecule has 2 aliphatic rings. The second-order valence-corrected chi connectivity index (χ2v) is 4.01. The monoisotopic (exact) mass is 204 g/mol. The lowest BCUT2D eigenvalue weighted by atomic mass is 10.0. The Morgan fingerprint density at radius 2 is 2.21 bits per heavy atom. The lowest BCUT2D eigenvalue weighted by molar-refractivity contribution is -0.0536. The molecule has 2 aliphatic heterocycles. The van der Waals surface area contributed by atoms with Crippen molar-refractivity contribution in [2.45, 2.75) is 30.8 Å². The van der Waals surface area contributed by atoms with Gasteiger partial charge in [0, 0.05) is 0 Å². The molecule has 0 amide bonds. The molecule has 0 radical (unpaired) electrons. The van der Waals surface area contributed by atoms with Crippen molar-refractivity contribution in [2.75, 3.05) is 26.4 Å². The van der Waals surface area contributed by atoms with Crippen molar-refractivity contribution in [3.05, 3.63) is 0 Å². The van der Waals surface area contributed by atoms with Crippen molar-refractivity contribution in [3.8, 4) is 0 Å². The van der Waals surface area contributed by atoms with E-state index in [0.29, 0.717) is 19.8 Å². The zero-order valence-corrected chi connectivity index (χ0v) is 8.18. The van der Waals surface area contributed by atoms with E-state index < -0.39 is 17.8 Å². The van der Waals surface area contributed by atoms with E-state index in [9.17, 15) is 10.2 Å². The zero-order chi connectivity index (χ0) is 10.2. The zero-order valence-electron chi connectivity index (χ0n) is 8.18. The highest BCUT2D eigenvalue weighted by Crippen LogP contribution is 2.33. The molecule has 0 aromatic heterocycles. The smallest absolute Gasteiger partial charge is 0.143 e. The molecule has 5 nitrogen and oxygen atoms in total. The standard InChI is InChI=1S/C9H16O5/c1-6(10)8(11)9(5-14-9)4-12-2-7-3-13-7/h6-8,10-11H,2-5H2,1H3. The van der Waals surface area contributed by atoms with E-state index in [2.05, 4.69) is 0 Å². The van der Waals surface area contributed by atoms with Crippen LogP contribution >= 0.6 is 0 Å². The van der Waals surface area contributed by atoms with Gasteiger partial charge in [-0.15, -0.1) is 0 Å². The predicted octanol–water partition coefficient (Wildman–Crippen LogP) is -1.09. The Balaban J connectivity index is 1.71. The summed E-state index contributed by atoms with van der Waals surface area (Å²) in [5.41, 5.74) is -0.678. The second-order valence-electron chi connectivity index (χ2n) is 4.01. The summed E-state index contributed by atoms with van der Waals surface area (Å²) < 4.78 is 15.5. The Morgan fingerprint density at radius 1 is 1.57 bits per heavy atom. The van der Waals surface area contributed by atoms with Gasteiger partial charge in [0.25, 0.3) is 0 Å². The second kappa shape index (κ2) is 3.75. The summed E-state index contributed by atoms with van der Waals surface area (Å²) in [6, 6.07) is 0. The number of aliphatic hydroxyl groups is 2. The maximum absolute atomic E-state index is 9.61. The molecule has 4 atom stereocenters. The summed E-state index contributed by atoms with van der Waals surface area (Å²) in [5.74, 6) is 0. The Morgan fingerprint density at radius 3 is 2.64 bits per heavy atom. The number of aliphatic hydroxyl groups excluding tert-OH is 2. The van der Waals surface area contributed by atoms with Gasteiger partial charge in [-0.25, -0.2) is 0 Å². The molecule has 2 fully saturated rings. The molecule has 0 aromatic rings.